The van der Waals surface area contributed by atoms with E-state index in [1.165, 1.54) is 12.4 Å². The van der Waals surface area contributed by atoms with Crippen molar-refractivity contribution in [3.63, 3.8) is 0 Å². The summed E-state index contributed by atoms with van der Waals surface area (Å²) in [6.07, 6.45) is 1.26. The topological polar surface area (TPSA) is 58.6 Å². The molecule has 6 heteroatoms. The van der Waals surface area contributed by atoms with Crippen molar-refractivity contribution in [2.24, 2.45) is 0 Å². The molecule has 15 heavy (non-hydrogen) atoms. The molecule has 0 unspecified atom stereocenters. The summed E-state index contributed by atoms with van der Waals surface area (Å²) in [6.45, 7) is 0. The van der Waals surface area contributed by atoms with Crippen molar-refractivity contribution in [2.45, 2.75) is 0 Å². The first-order valence-corrected chi connectivity index (χ1v) is 4.79. The highest BCUT2D eigenvalue weighted by atomic mass is 35.5. The Bertz CT molecular complexity index is 496. The predicted octanol–water partition coefficient (Wildman–Crippen LogP) is 2.34. The predicted molar refractivity (Wildman–Crippen MR) is 56.3 cm³/mol. The Kier molecular flexibility index (Phi) is 2.70. The molecule has 76 valence electrons. The molecular formula is C9H5Cl2N3O. The molecule has 1 aromatic heterocycles. The molecule has 0 saturated carbocycles. The molecule has 2 rings (SSSR count). The Hall–Kier alpha value is -1.39. The van der Waals surface area contributed by atoms with E-state index < -0.39 is 0 Å². The first-order chi connectivity index (χ1) is 7.18. The molecule has 0 bridgehead atoms. The minimum Gasteiger partial charge on any atom is -0.285 e. The van der Waals surface area contributed by atoms with Gasteiger partial charge >= 0.3 is 0 Å². The first-order valence-electron chi connectivity index (χ1n) is 4.03. The largest absolute Gasteiger partial charge is 0.285 e. The first kappa shape index (κ1) is 10.1. The lowest BCUT2D eigenvalue weighted by molar-refractivity contribution is 0.103. The number of carbonyl (C=O) groups excluding carboxylic acids is 1. The van der Waals surface area contributed by atoms with Crippen LogP contribution in [0.3, 0.4) is 0 Å². The lowest BCUT2D eigenvalue weighted by Gasteiger charge is -2.00. The molecule has 4 nitrogen and oxygen atoms in total. The molecule has 0 aliphatic rings. The average molecular weight is 242 g/mol. The van der Waals surface area contributed by atoms with E-state index in [0.717, 1.165) is 0 Å². The van der Waals surface area contributed by atoms with Crippen LogP contribution in [0, 0.1) is 0 Å². The van der Waals surface area contributed by atoms with E-state index in [2.05, 4.69) is 15.2 Å². The minimum absolute atomic E-state index is 0.138. The SMILES string of the molecule is O=C(c1ncn[nH]1)c1cc(Cl)ccc1Cl. The Morgan fingerprint density at radius 3 is 2.80 bits per heavy atom. The van der Waals surface area contributed by atoms with Gasteiger partial charge in [-0.1, -0.05) is 23.2 Å². The summed E-state index contributed by atoms with van der Waals surface area (Å²) in [5.74, 6) is -0.195. The van der Waals surface area contributed by atoms with Crippen LogP contribution in [-0.4, -0.2) is 21.0 Å². The second-order valence-corrected chi connectivity index (χ2v) is 3.63. The third kappa shape index (κ3) is 2.00. The third-order valence-electron chi connectivity index (χ3n) is 1.80. The van der Waals surface area contributed by atoms with E-state index in [0.29, 0.717) is 15.6 Å². The highest BCUT2D eigenvalue weighted by molar-refractivity contribution is 6.36. The number of aromatic nitrogens is 3. The van der Waals surface area contributed by atoms with E-state index in [1.54, 1.807) is 12.1 Å². The molecule has 0 aliphatic heterocycles. The molecular weight excluding hydrogens is 237 g/mol. The molecule has 0 radical (unpaired) electrons. The van der Waals surface area contributed by atoms with Crippen LogP contribution in [0.5, 0.6) is 0 Å². The van der Waals surface area contributed by atoms with Crippen molar-refractivity contribution in [2.75, 3.05) is 0 Å². The van der Waals surface area contributed by atoms with Gasteiger partial charge in [0.25, 0.3) is 0 Å². The van der Waals surface area contributed by atoms with Crippen LogP contribution >= 0.6 is 23.2 Å². The Balaban J connectivity index is 2.46. The van der Waals surface area contributed by atoms with E-state index in [1.807, 2.05) is 0 Å². The Morgan fingerprint density at radius 2 is 2.13 bits per heavy atom. The van der Waals surface area contributed by atoms with Gasteiger partial charge in [0.15, 0.2) is 5.82 Å². The van der Waals surface area contributed by atoms with Crippen molar-refractivity contribution in [1.29, 1.82) is 0 Å². The zero-order valence-corrected chi connectivity index (χ0v) is 8.88. The zero-order chi connectivity index (χ0) is 10.8. The maximum atomic E-state index is 11.8. The zero-order valence-electron chi connectivity index (χ0n) is 7.37. The van der Waals surface area contributed by atoms with Crippen LogP contribution in [0.15, 0.2) is 24.5 Å². The highest BCUT2D eigenvalue weighted by Crippen LogP contribution is 2.22. The molecule has 1 aromatic carbocycles. The number of nitrogens with one attached hydrogen (secondary N) is 1. The number of ketones is 1. The molecule has 0 spiro atoms. The summed E-state index contributed by atoms with van der Waals surface area (Å²) in [4.78, 5) is 15.5. The van der Waals surface area contributed by atoms with E-state index in [4.69, 9.17) is 23.2 Å². The summed E-state index contributed by atoms with van der Waals surface area (Å²) in [5.41, 5.74) is 0.306. The van der Waals surface area contributed by atoms with Crippen molar-refractivity contribution in [3.8, 4) is 0 Å². The van der Waals surface area contributed by atoms with Gasteiger partial charge in [0.1, 0.15) is 6.33 Å². The van der Waals surface area contributed by atoms with Gasteiger partial charge in [0.05, 0.1) is 5.02 Å². The maximum Gasteiger partial charge on any atom is 0.231 e. The lowest BCUT2D eigenvalue weighted by atomic mass is 10.1. The standard InChI is InChI=1S/C9H5Cl2N3O/c10-5-1-2-7(11)6(3-5)8(15)9-12-4-13-14-9/h1-4H,(H,12,13,14). The number of aromatic amines is 1. The Morgan fingerprint density at radius 1 is 1.33 bits per heavy atom. The highest BCUT2D eigenvalue weighted by Gasteiger charge is 2.15. The van der Waals surface area contributed by atoms with Crippen molar-refractivity contribution >= 4 is 29.0 Å². The summed E-state index contributed by atoms with van der Waals surface area (Å²) in [7, 11) is 0. The third-order valence-corrected chi connectivity index (χ3v) is 2.37. The van der Waals surface area contributed by atoms with Gasteiger partial charge in [-0.25, -0.2) is 4.98 Å². The minimum atomic E-state index is -0.333. The molecule has 0 atom stereocenters. The molecule has 1 N–H and O–H groups in total. The van der Waals surface area contributed by atoms with Gasteiger partial charge in [0.2, 0.25) is 5.78 Å². The molecule has 0 aliphatic carbocycles. The van der Waals surface area contributed by atoms with Crippen LogP contribution < -0.4 is 0 Å². The number of hydrogen-bond acceptors (Lipinski definition) is 3. The smallest absolute Gasteiger partial charge is 0.231 e. The van der Waals surface area contributed by atoms with Crippen LogP contribution in [0.2, 0.25) is 10.0 Å². The van der Waals surface area contributed by atoms with E-state index in [9.17, 15) is 4.79 Å². The fourth-order valence-electron chi connectivity index (χ4n) is 1.11. The van der Waals surface area contributed by atoms with Crippen LogP contribution in [-0.2, 0) is 0 Å². The van der Waals surface area contributed by atoms with Gasteiger partial charge in [-0.3, -0.25) is 9.89 Å². The van der Waals surface area contributed by atoms with E-state index >= 15 is 0 Å². The molecule has 0 saturated heterocycles. The number of benzene rings is 1. The van der Waals surface area contributed by atoms with Crippen molar-refractivity contribution in [1.82, 2.24) is 15.2 Å². The Labute approximate surface area is 95.2 Å². The monoisotopic (exact) mass is 241 g/mol. The van der Waals surface area contributed by atoms with Crippen LogP contribution in [0.1, 0.15) is 16.2 Å². The fraction of sp³-hybridized carbons (Fsp3) is 0. The lowest BCUT2D eigenvalue weighted by Crippen LogP contribution is -2.04. The number of halogens is 2. The van der Waals surface area contributed by atoms with Crippen LogP contribution in [0.4, 0.5) is 0 Å². The molecule has 1 heterocycles. The van der Waals surface area contributed by atoms with Gasteiger partial charge in [-0.05, 0) is 18.2 Å². The van der Waals surface area contributed by atoms with Gasteiger partial charge in [-0.15, -0.1) is 0 Å². The fourth-order valence-corrected chi connectivity index (χ4v) is 1.49. The number of hydrogen-bond donors (Lipinski definition) is 1. The summed E-state index contributed by atoms with van der Waals surface area (Å²) in [5, 5.41) is 6.84. The van der Waals surface area contributed by atoms with Gasteiger partial charge in [0, 0.05) is 10.6 Å². The summed E-state index contributed by atoms with van der Waals surface area (Å²) < 4.78 is 0. The van der Waals surface area contributed by atoms with Gasteiger partial charge in [-0.2, -0.15) is 5.10 Å². The second-order valence-electron chi connectivity index (χ2n) is 2.79. The molecule has 0 amide bonds. The summed E-state index contributed by atoms with van der Waals surface area (Å²) in [6, 6.07) is 4.67. The van der Waals surface area contributed by atoms with Crippen molar-refractivity contribution < 1.29 is 4.79 Å². The maximum absolute atomic E-state index is 11.8. The van der Waals surface area contributed by atoms with E-state index in [-0.39, 0.29) is 11.6 Å². The number of nitrogens with zero attached hydrogens (tertiary/aromatic N) is 2. The summed E-state index contributed by atoms with van der Waals surface area (Å²) >= 11 is 11.6. The quantitative estimate of drug-likeness (QED) is 0.822. The number of rotatable bonds is 2. The molecule has 2 aromatic rings. The van der Waals surface area contributed by atoms with Crippen molar-refractivity contribution in [3.05, 3.63) is 46.0 Å². The van der Waals surface area contributed by atoms with Gasteiger partial charge < -0.3 is 0 Å². The second kappa shape index (κ2) is 4.00. The average Bonchev–Trinajstić information content (AvgIpc) is 2.74. The normalized spacial score (nSPS) is 10.3. The molecule has 0 fully saturated rings. The van der Waals surface area contributed by atoms with Crippen LogP contribution in [0.25, 0.3) is 0 Å². The number of H-pyrrole nitrogens is 1. The number of carbonyl (C=O) groups is 1.